The predicted molar refractivity (Wildman–Crippen MR) is 75.2 cm³/mol. The van der Waals surface area contributed by atoms with Crippen LogP contribution in [0.3, 0.4) is 0 Å². The van der Waals surface area contributed by atoms with Crippen molar-refractivity contribution in [2.45, 2.75) is 76.3 Å². The molecule has 1 heterocycles. The number of carboxylic acid groups (broad SMARTS) is 1. The standard InChI is InChI=1S/C16H25NO3/c18-15(12-6-1-2-7-12)17-13-8-4-3-5-11(13)9-10-14(17)16(19)20/h11-14H,1-10H2,(H,19,20). The zero-order valence-corrected chi connectivity index (χ0v) is 12.1. The summed E-state index contributed by atoms with van der Waals surface area (Å²) >= 11 is 0. The van der Waals surface area contributed by atoms with Gasteiger partial charge in [0.25, 0.3) is 0 Å². The SMILES string of the molecule is O=C(O)C1CCC2CCCCC2N1C(=O)C1CCCC1. The summed E-state index contributed by atoms with van der Waals surface area (Å²) in [4.78, 5) is 26.2. The highest BCUT2D eigenvalue weighted by molar-refractivity contribution is 5.85. The van der Waals surface area contributed by atoms with E-state index < -0.39 is 12.0 Å². The van der Waals surface area contributed by atoms with Crippen LogP contribution in [0.15, 0.2) is 0 Å². The molecule has 112 valence electrons. The lowest BCUT2D eigenvalue weighted by Gasteiger charge is -2.48. The van der Waals surface area contributed by atoms with Crippen LogP contribution >= 0.6 is 0 Å². The van der Waals surface area contributed by atoms with Crippen molar-refractivity contribution in [2.24, 2.45) is 11.8 Å². The van der Waals surface area contributed by atoms with Crippen LogP contribution in [0.4, 0.5) is 0 Å². The molecule has 1 N–H and O–H groups in total. The predicted octanol–water partition coefficient (Wildman–Crippen LogP) is 2.81. The highest BCUT2D eigenvalue weighted by Gasteiger charge is 2.45. The van der Waals surface area contributed by atoms with Gasteiger partial charge in [0, 0.05) is 12.0 Å². The number of amides is 1. The van der Waals surface area contributed by atoms with Crippen LogP contribution in [-0.2, 0) is 9.59 Å². The summed E-state index contributed by atoms with van der Waals surface area (Å²) in [7, 11) is 0. The van der Waals surface area contributed by atoms with Gasteiger partial charge in [-0.2, -0.15) is 0 Å². The first kappa shape index (κ1) is 13.9. The fraction of sp³-hybridized carbons (Fsp3) is 0.875. The van der Waals surface area contributed by atoms with Gasteiger partial charge in [0.1, 0.15) is 6.04 Å². The van der Waals surface area contributed by atoms with Crippen molar-refractivity contribution in [2.75, 3.05) is 0 Å². The fourth-order valence-corrected chi connectivity index (χ4v) is 4.58. The van der Waals surface area contributed by atoms with Crippen molar-refractivity contribution >= 4 is 11.9 Å². The monoisotopic (exact) mass is 279 g/mol. The van der Waals surface area contributed by atoms with Crippen molar-refractivity contribution in [3.63, 3.8) is 0 Å². The van der Waals surface area contributed by atoms with Crippen LogP contribution in [0, 0.1) is 11.8 Å². The number of carbonyl (C=O) groups excluding carboxylic acids is 1. The Bertz CT molecular complexity index is 389. The average Bonchev–Trinajstić information content (AvgIpc) is 2.99. The van der Waals surface area contributed by atoms with E-state index in [1.54, 1.807) is 0 Å². The highest BCUT2D eigenvalue weighted by Crippen LogP contribution is 2.40. The molecular formula is C16H25NO3. The van der Waals surface area contributed by atoms with Gasteiger partial charge in [-0.25, -0.2) is 4.79 Å². The molecule has 0 radical (unpaired) electrons. The van der Waals surface area contributed by atoms with Crippen molar-refractivity contribution in [1.82, 2.24) is 4.90 Å². The van der Waals surface area contributed by atoms with Crippen LogP contribution in [0.25, 0.3) is 0 Å². The van der Waals surface area contributed by atoms with E-state index in [4.69, 9.17) is 0 Å². The van der Waals surface area contributed by atoms with E-state index in [0.717, 1.165) is 44.9 Å². The Morgan fingerprint density at radius 3 is 2.20 bits per heavy atom. The molecule has 2 aliphatic carbocycles. The van der Waals surface area contributed by atoms with Crippen LogP contribution in [0.2, 0.25) is 0 Å². The normalized spacial score (nSPS) is 34.8. The van der Waals surface area contributed by atoms with Crippen molar-refractivity contribution in [1.29, 1.82) is 0 Å². The van der Waals surface area contributed by atoms with Gasteiger partial charge in [-0.15, -0.1) is 0 Å². The molecule has 3 atom stereocenters. The van der Waals surface area contributed by atoms with Gasteiger partial charge < -0.3 is 10.0 Å². The largest absolute Gasteiger partial charge is 0.480 e. The lowest BCUT2D eigenvalue weighted by molar-refractivity contribution is -0.160. The molecule has 0 bridgehead atoms. The van der Waals surface area contributed by atoms with Crippen molar-refractivity contribution in [3.05, 3.63) is 0 Å². The zero-order valence-electron chi connectivity index (χ0n) is 12.1. The minimum Gasteiger partial charge on any atom is -0.480 e. The summed E-state index contributed by atoms with van der Waals surface area (Å²) in [6.07, 6.45) is 10.3. The van der Waals surface area contributed by atoms with Crippen LogP contribution in [0.1, 0.15) is 64.2 Å². The lowest BCUT2D eigenvalue weighted by Crippen LogP contribution is -2.58. The van der Waals surface area contributed by atoms with Gasteiger partial charge in [0.15, 0.2) is 0 Å². The molecule has 0 aromatic heterocycles. The zero-order chi connectivity index (χ0) is 14.1. The topological polar surface area (TPSA) is 57.6 Å². The summed E-state index contributed by atoms with van der Waals surface area (Å²) in [5.41, 5.74) is 0. The molecule has 0 aromatic rings. The summed E-state index contributed by atoms with van der Waals surface area (Å²) in [5.74, 6) is -0.0194. The molecule has 1 amide bonds. The number of fused-ring (bicyclic) bond motifs is 1. The Labute approximate surface area is 120 Å². The smallest absolute Gasteiger partial charge is 0.326 e. The van der Waals surface area contributed by atoms with Crippen LogP contribution in [0.5, 0.6) is 0 Å². The highest BCUT2D eigenvalue weighted by atomic mass is 16.4. The molecule has 3 unspecified atom stereocenters. The Kier molecular flexibility index (Phi) is 3.99. The number of rotatable bonds is 2. The van der Waals surface area contributed by atoms with Gasteiger partial charge in [-0.1, -0.05) is 25.7 Å². The van der Waals surface area contributed by atoms with Gasteiger partial charge in [0.05, 0.1) is 0 Å². The third kappa shape index (κ3) is 2.45. The van der Waals surface area contributed by atoms with Gasteiger partial charge in [-0.3, -0.25) is 4.79 Å². The number of carbonyl (C=O) groups is 2. The Hall–Kier alpha value is -1.06. The molecular weight excluding hydrogens is 254 g/mol. The second-order valence-electron chi connectivity index (χ2n) is 6.77. The molecule has 0 aromatic carbocycles. The Morgan fingerprint density at radius 2 is 1.50 bits per heavy atom. The molecule has 0 spiro atoms. The molecule has 4 nitrogen and oxygen atoms in total. The molecule has 3 aliphatic rings. The summed E-state index contributed by atoms with van der Waals surface area (Å²) in [6.45, 7) is 0. The first-order chi connectivity index (χ1) is 9.68. The number of hydrogen-bond acceptors (Lipinski definition) is 2. The molecule has 20 heavy (non-hydrogen) atoms. The first-order valence-corrected chi connectivity index (χ1v) is 8.23. The average molecular weight is 279 g/mol. The number of likely N-dealkylation sites (tertiary alicyclic amines) is 1. The number of hydrogen-bond donors (Lipinski definition) is 1. The summed E-state index contributed by atoms with van der Waals surface area (Å²) in [5, 5.41) is 9.50. The third-order valence-corrected chi connectivity index (χ3v) is 5.62. The molecule has 1 aliphatic heterocycles. The number of aliphatic carboxylic acids is 1. The third-order valence-electron chi connectivity index (χ3n) is 5.62. The Morgan fingerprint density at radius 1 is 0.850 bits per heavy atom. The maximum Gasteiger partial charge on any atom is 0.326 e. The van der Waals surface area contributed by atoms with Gasteiger partial charge >= 0.3 is 5.97 Å². The number of nitrogens with zero attached hydrogens (tertiary/aromatic N) is 1. The number of carboxylic acids is 1. The summed E-state index contributed by atoms with van der Waals surface area (Å²) in [6, 6.07) is -0.367. The molecule has 4 heteroatoms. The van der Waals surface area contributed by atoms with E-state index in [2.05, 4.69) is 0 Å². The van der Waals surface area contributed by atoms with E-state index in [-0.39, 0.29) is 17.9 Å². The maximum atomic E-state index is 12.8. The van der Waals surface area contributed by atoms with E-state index in [1.165, 1.54) is 12.8 Å². The molecule has 2 saturated carbocycles. The second kappa shape index (κ2) is 5.74. The van der Waals surface area contributed by atoms with Gasteiger partial charge in [0.2, 0.25) is 5.91 Å². The molecule has 1 saturated heterocycles. The van der Waals surface area contributed by atoms with Gasteiger partial charge in [-0.05, 0) is 44.4 Å². The molecule has 3 fully saturated rings. The molecule has 3 rings (SSSR count). The van der Waals surface area contributed by atoms with E-state index in [9.17, 15) is 14.7 Å². The minimum absolute atomic E-state index is 0.0949. The van der Waals surface area contributed by atoms with Crippen molar-refractivity contribution in [3.8, 4) is 0 Å². The maximum absolute atomic E-state index is 12.8. The van der Waals surface area contributed by atoms with E-state index >= 15 is 0 Å². The number of piperidine rings is 1. The van der Waals surface area contributed by atoms with Crippen molar-refractivity contribution < 1.29 is 14.7 Å². The lowest BCUT2D eigenvalue weighted by atomic mass is 9.75. The minimum atomic E-state index is -0.805. The van der Waals surface area contributed by atoms with Crippen LogP contribution < -0.4 is 0 Å². The van der Waals surface area contributed by atoms with Crippen LogP contribution in [-0.4, -0.2) is 34.0 Å². The summed E-state index contributed by atoms with van der Waals surface area (Å²) < 4.78 is 0. The quantitative estimate of drug-likeness (QED) is 0.845. The van der Waals surface area contributed by atoms with E-state index in [1.807, 2.05) is 4.90 Å². The second-order valence-corrected chi connectivity index (χ2v) is 6.77. The first-order valence-electron chi connectivity index (χ1n) is 8.23. The Balaban J connectivity index is 1.83. The fourth-order valence-electron chi connectivity index (χ4n) is 4.58. The van der Waals surface area contributed by atoms with E-state index in [0.29, 0.717) is 12.3 Å².